The number of hydrogen-bond donors (Lipinski definition) is 3. The standard InChI is InChI=1S/C16H26N4O/c1-4-9-18-16(17)19-11-13-7-6-8-14(10-13)20-15(21)12(3)5-2/h6-8,10,12H,4-5,9,11H2,1-3H3,(H,20,21)(H3,17,18,19). The van der Waals surface area contributed by atoms with Crippen molar-refractivity contribution in [3.05, 3.63) is 29.8 Å². The number of rotatable bonds is 7. The first-order chi connectivity index (χ1) is 10.1. The lowest BCUT2D eigenvalue weighted by Gasteiger charge is -2.10. The lowest BCUT2D eigenvalue weighted by Crippen LogP contribution is -2.32. The van der Waals surface area contributed by atoms with Gasteiger partial charge in [-0.25, -0.2) is 4.99 Å². The molecule has 5 heteroatoms. The van der Waals surface area contributed by atoms with Crippen molar-refractivity contribution < 1.29 is 4.79 Å². The fourth-order valence-electron chi connectivity index (χ4n) is 1.68. The molecule has 0 saturated carbocycles. The minimum atomic E-state index is 0.0144. The van der Waals surface area contributed by atoms with Gasteiger partial charge in [-0.1, -0.05) is 32.9 Å². The zero-order chi connectivity index (χ0) is 15.7. The van der Waals surface area contributed by atoms with Crippen molar-refractivity contribution in [3.63, 3.8) is 0 Å². The number of nitrogens with one attached hydrogen (secondary N) is 2. The van der Waals surface area contributed by atoms with E-state index in [1.54, 1.807) is 0 Å². The Balaban J connectivity index is 2.62. The highest BCUT2D eigenvalue weighted by atomic mass is 16.1. The van der Waals surface area contributed by atoms with Gasteiger partial charge in [0.05, 0.1) is 6.54 Å². The molecular weight excluding hydrogens is 264 g/mol. The van der Waals surface area contributed by atoms with Gasteiger partial charge < -0.3 is 16.4 Å². The molecule has 1 unspecified atom stereocenters. The fourth-order valence-corrected chi connectivity index (χ4v) is 1.68. The number of carbonyl (C=O) groups excluding carboxylic acids is 1. The predicted octanol–water partition coefficient (Wildman–Crippen LogP) is 2.49. The van der Waals surface area contributed by atoms with E-state index in [2.05, 4.69) is 22.5 Å². The zero-order valence-corrected chi connectivity index (χ0v) is 13.1. The van der Waals surface area contributed by atoms with E-state index in [9.17, 15) is 4.79 Å². The van der Waals surface area contributed by atoms with Crippen LogP contribution in [0.1, 0.15) is 39.2 Å². The van der Waals surface area contributed by atoms with Gasteiger partial charge in [0, 0.05) is 18.2 Å². The van der Waals surface area contributed by atoms with Gasteiger partial charge in [0.25, 0.3) is 0 Å². The third kappa shape index (κ3) is 6.29. The molecule has 0 aliphatic carbocycles. The van der Waals surface area contributed by atoms with Crippen LogP contribution >= 0.6 is 0 Å². The minimum absolute atomic E-state index is 0.0144. The minimum Gasteiger partial charge on any atom is -0.370 e. The Morgan fingerprint density at radius 1 is 1.38 bits per heavy atom. The Kier molecular flexibility index (Phi) is 7.29. The van der Waals surface area contributed by atoms with Gasteiger partial charge in [-0.15, -0.1) is 0 Å². The normalized spacial score (nSPS) is 12.8. The molecule has 21 heavy (non-hydrogen) atoms. The van der Waals surface area contributed by atoms with Crippen molar-refractivity contribution in [3.8, 4) is 0 Å². The first-order valence-electron chi connectivity index (χ1n) is 7.50. The van der Waals surface area contributed by atoms with Crippen LogP contribution in [0.3, 0.4) is 0 Å². The zero-order valence-electron chi connectivity index (χ0n) is 13.1. The Bertz CT molecular complexity index is 485. The molecule has 0 fully saturated rings. The maximum atomic E-state index is 11.9. The number of nitrogens with two attached hydrogens (primary N) is 1. The van der Waals surface area contributed by atoms with Crippen LogP contribution in [-0.4, -0.2) is 18.4 Å². The summed E-state index contributed by atoms with van der Waals surface area (Å²) in [5.74, 6) is 0.508. The molecule has 0 aliphatic heterocycles. The first kappa shape index (κ1) is 17.0. The topological polar surface area (TPSA) is 79.5 Å². The van der Waals surface area contributed by atoms with Crippen molar-refractivity contribution in [2.75, 3.05) is 11.9 Å². The quantitative estimate of drug-likeness (QED) is 0.533. The molecule has 0 aliphatic rings. The van der Waals surface area contributed by atoms with E-state index in [1.807, 2.05) is 38.1 Å². The molecule has 0 heterocycles. The lowest BCUT2D eigenvalue weighted by molar-refractivity contribution is -0.119. The Hall–Kier alpha value is -2.04. The van der Waals surface area contributed by atoms with Gasteiger partial charge in [-0.05, 0) is 30.5 Å². The van der Waals surface area contributed by atoms with Crippen LogP contribution in [0, 0.1) is 5.92 Å². The van der Waals surface area contributed by atoms with Gasteiger partial charge in [-0.2, -0.15) is 0 Å². The summed E-state index contributed by atoms with van der Waals surface area (Å²) >= 11 is 0. The second-order valence-electron chi connectivity index (χ2n) is 5.13. The molecule has 1 rings (SSSR count). The highest BCUT2D eigenvalue weighted by Crippen LogP contribution is 2.13. The molecular formula is C16H26N4O. The number of anilines is 1. The molecule has 0 radical (unpaired) electrons. The maximum Gasteiger partial charge on any atom is 0.227 e. The summed E-state index contributed by atoms with van der Waals surface area (Å²) in [5, 5.41) is 5.95. The maximum absolute atomic E-state index is 11.9. The average Bonchev–Trinajstić information content (AvgIpc) is 2.50. The number of hydrogen-bond acceptors (Lipinski definition) is 2. The van der Waals surface area contributed by atoms with Crippen LogP contribution in [0.5, 0.6) is 0 Å². The van der Waals surface area contributed by atoms with Crippen molar-refractivity contribution in [2.24, 2.45) is 16.6 Å². The molecule has 116 valence electrons. The van der Waals surface area contributed by atoms with Crippen molar-refractivity contribution >= 4 is 17.6 Å². The second-order valence-corrected chi connectivity index (χ2v) is 5.13. The molecule has 5 nitrogen and oxygen atoms in total. The molecule has 0 bridgehead atoms. The molecule has 1 aromatic rings. The monoisotopic (exact) mass is 290 g/mol. The van der Waals surface area contributed by atoms with Gasteiger partial charge in [0.2, 0.25) is 5.91 Å². The van der Waals surface area contributed by atoms with Crippen LogP contribution in [0.4, 0.5) is 5.69 Å². The average molecular weight is 290 g/mol. The fraction of sp³-hybridized carbons (Fsp3) is 0.500. The van der Waals surface area contributed by atoms with Crippen LogP contribution in [-0.2, 0) is 11.3 Å². The predicted molar refractivity (Wildman–Crippen MR) is 88.1 cm³/mol. The summed E-state index contributed by atoms with van der Waals surface area (Å²) in [5.41, 5.74) is 7.56. The van der Waals surface area contributed by atoms with E-state index in [0.29, 0.717) is 12.5 Å². The summed E-state index contributed by atoms with van der Waals surface area (Å²) in [6, 6.07) is 7.69. The molecule has 1 amide bonds. The van der Waals surface area contributed by atoms with E-state index < -0.39 is 0 Å². The third-order valence-corrected chi connectivity index (χ3v) is 3.24. The number of benzene rings is 1. The summed E-state index contributed by atoms with van der Waals surface area (Å²) in [7, 11) is 0. The van der Waals surface area contributed by atoms with Crippen LogP contribution in [0.15, 0.2) is 29.3 Å². The number of nitrogens with zero attached hydrogens (tertiary/aromatic N) is 1. The summed E-state index contributed by atoms with van der Waals surface area (Å²) in [4.78, 5) is 16.1. The highest BCUT2D eigenvalue weighted by Gasteiger charge is 2.10. The number of aliphatic imine (C=N–C) groups is 1. The van der Waals surface area contributed by atoms with Crippen molar-refractivity contribution in [1.82, 2.24) is 5.32 Å². The number of guanidine groups is 1. The number of amides is 1. The van der Waals surface area contributed by atoms with E-state index in [4.69, 9.17) is 5.73 Å². The molecule has 1 aromatic carbocycles. The van der Waals surface area contributed by atoms with Crippen LogP contribution < -0.4 is 16.4 Å². The van der Waals surface area contributed by atoms with Gasteiger partial charge >= 0.3 is 0 Å². The Morgan fingerprint density at radius 3 is 2.81 bits per heavy atom. The second kappa shape index (κ2) is 9.00. The smallest absolute Gasteiger partial charge is 0.227 e. The van der Waals surface area contributed by atoms with E-state index in [1.165, 1.54) is 0 Å². The SMILES string of the molecule is CCCNC(N)=NCc1cccc(NC(=O)C(C)CC)c1. The molecule has 1 atom stereocenters. The summed E-state index contributed by atoms with van der Waals surface area (Å²) in [6.45, 7) is 7.31. The summed E-state index contributed by atoms with van der Waals surface area (Å²) < 4.78 is 0. The van der Waals surface area contributed by atoms with Gasteiger partial charge in [-0.3, -0.25) is 4.79 Å². The van der Waals surface area contributed by atoms with Gasteiger partial charge in [0.1, 0.15) is 0 Å². The first-order valence-corrected chi connectivity index (χ1v) is 7.50. The largest absolute Gasteiger partial charge is 0.370 e. The third-order valence-electron chi connectivity index (χ3n) is 3.24. The van der Waals surface area contributed by atoms with Crippen molar-refractivity contribution in [2.45, 2.75) is 40.2 Å². The van der Waals surface area contributed by atoms with E-state index in [-0.39, 0.29) is 11.8 Å². The summed E-state index contributed by atoms with van der Waals surface area (Å²) in [6.07, 6.45) is 1.84. The lowest BCUT2D eigenvalue weighted by atomic mass is 10.1. The molecule has 0 saturated heterocycles. The van der Waals surface area contributed by atoms with Gasteiger partial charge in [0.15, 0.2) is 5.96 Å². The van der Waals surface area contributed by atoms with E-state index >= 15 is 0 Å². The number of carbonyl (C=O) groups is 1. The molecule has 0 aromatic heterocycles. The van der Waals surface area contributed by atoms with E-state index in [0.717, 1.165) is 30.6 Å². The molecule has 0 spiro atoms. The highest BCUT2D eigenvalue weighted by molar-refractivity contribution is 5.92. The Morgan fingerprint density at radius 2 is 2.14 bits per heavy atom. The Labute approximate surface area is 127 Å². The van der Waals surface area contributed by atoms with Crippen LogP contribution in [0.25, 0.3) is 0 Å². The van der Waals surface area contributed by atoms with Crippen LogP contribution in [0.2, 0.25) is 0 Å². The molecule has 4 N–H and O–H groups in total. The van der Waals surface area contributed by atoms with Crippen molar-refractivity contribution in [1.29, 1.82) is 0 Å².